The van der Waals surface area contributed by atoms with E-state index in [4.69, 9.17) is 17.0 Å². The van der Waals surface area contributed by atoms with Crippen LogP contribution in [0, 0.1) is 10.1 Å². The fraction of sp³-hybridized carbons (Fsp3) is 0.304. The molecular weight excluding hydrogens is 414 g/mol. The zero-order valence-corrected chi connectivity index (χ0v) is 17.8. The lowest BCUT2D eigenvalue weighted by Gasteiger charge is -2.29. The van der Waals surface area contributed by atoms with Crippen molar-refractivity contribution >= 4 is 35.0 Å². The highest BCUT2D eigenvalue weighted by atomic mass is 32.1. The number of non-ortho nitro benzene ring substituents is 1. The van der Waals surface area contributed by atoms with E-state index in [2.05, 4.69) is 5.32 Å². The Morgan fingerprint density at radius 2 is 1.90 bits per heavy atom. The second kappa shape index (κ2) is 9.26. The average Bonchev–Trinajstić information content (AvgIpc) is 3.06. The number of nitrogens with zero attached hydrogens (tertiary/aromatic N) is 2. The van der Waals surface area contributed by atoms with Crippen LogP contribution in [0.1, 0.15) is 43.2 Å². The molecular formula is C23H23N3O4S. The van der Waals surface area contributed by atoms with E-state index in [9.17, 15) is 14.9 Å². The van der Waals surface area contributed by atoms with Gasteiger partial charge < -0.3 is 10.1 Å². The van der Waals surface area contributed by atoms with E-state index in [1.54, 1.807) is 35.2 Å². The van der Waals surface area contributed by atoms with Gasteiger partial charge in [0.05, 0.1) is 4.92 Å². The Hall–Kier alpha value is -3.26. The van der Waals surface area contributed by atoms with Crippen molar-refractivity contribution < 1.29 is 14.5 Å². The molecule has 4 rings (SSSR count). The van der Waals surface area contributed by atoms with Crippen molar-refractivity contribution in [2.24, 2.45) is 0 Å². The smallest absolute Gasteiger partial charge is 0.276 e. The molecule has 7 nitrogen and oxygen atoms in total. The molecule has 1 heterocycles. The third kappa shape index (κ3) is 4.91. The first-order valence-corrected chi connectivity index (χ1v) is 10.7. The summed E-state index contributed by atoms with van der Waals surface area (Å²) in [5.74, 6) is 0.571. The van der Waals surface area contributed by atoms with Crippen LogP contribution in [0.15, 0.2) is 54.2 Å². The molecule has 0 atom stereocenters. The van der Waals surface area contributed by atoms with Gasteiger partial charge in [0, 0.05) is 18.2 Å². The summed E-state index contributed by atoms with van der Waals surface area (Å²) in [5.41, 5.74) is 2.10. The number of hydrogen-bond acceptors (Lipinski definition) is 5. The van der Waals surface area contributed by atoms with Crippen LogP contribution in [0.25, 0.3) is 6.08 Å². The van der Waals surface area contributed by atoms with E-state index in [0.29, 0.717) is 16.6 Å². The van der Waals surface area contributed by atoms with Gasteiger partial charge >= 0.3 is 0 Å². The van der Waals surface area contributed by atoms with Gasteiger partial charge in [0.1, 0.15) is 18.1 Å². The van der Waals surface area contributed by atoms with Gasteiger partial charge in [-0.25, -0.2) is 0 Å². The standard InChI is InChI=1S/C23H23N3O4S/c27-22-21(24-23(31)25(22)18-6-2-1-3-7-18)14-16-9-11-20(12-10-16)30-15-17-5-4-8-19(13-17)26(28)29/h4-5,8-14,18H,1-3,6-7,15H2,(H,24,31)/b21-14-. The minimum atomic E-state index is -0.425. The highest BCUT2D eigenvalue weighted by Gasteiger charge is 2.36. The average molecular weight is 438 g/mol. The van der Waals surface area contributed by atoms with Crippen molar-refractivity contribution in [1.29, 1.82) is 0 Å². The summed E-state index contributed by atoms with van der Waals surface area (Å²) in [6, 6.07) is 13.9. The third-order valence-corrected chi connectivity index (χ3v) is 5.87. The normalized spacial score (nSPS) is 18.3. The van der Waals surface area contributed by atoms with Gasteiger partial charge in [-0.15, -0.1) is 0 Å². The predicted octanol–water partition coefficient (Wildman–Crippen LogP) is 4.56. The van der Waals surface area contributed by atoms with Crippen LogP contribution < -0.4 is 10.1 Å². The zero-order valence-electron chi connectivity index (χ0n) is 17.0. The van der Waals surface area contributed by atoms with Crippen LogP contribution >= 0.6 is 12.2 Å². The molecule has 2 fully saturated rings. The molecule has 0 radical (unpaired) electrons. The molecule has 8 heteroatoms. The van der Waals surface area contributed by atoms with E-state index < -0.39 is 4.92 Å². The van der Waals surface area contributed by atoms with E-state index in [0.717, 1.165) is 36.8 Å². The molecule has 1 aliphatic heterocycles. The first kappa shape index (κ1) is 21.0. The third-order valence-electron chi connectivity index (χ3n) is 5.57. The minimum absolute atomic E-state index is 0.0389. The molecule has 2 aromatic rings. The first-order valence-electron chi connectivity index (χ1n) is 10.3. The number of nitrogens with one attached hydrogen (secondary N) is 1. The Kier molecular flexibility index (Phi) is 6.27. The maximum absolute atomic E-state index is 12.9. The van der Waals surface area contributed by atoms with Crippen LogP contribution in [0.2, 0.25) is 0 Å². The molecule has 1 N–H and O–H groups in total. The van der Waals surface area contributed by atoms with Gasteiger partial charge in [-0.05, 0) is 54.4 Å². The Morgan fingerprint density at radius 3 is 2.61 bits per heavy atom. The Labute approximate surface area is 185 Å². The Balaban J connectivity index is 1.39. The lowest BCUT2D eigenvalue weighted by Crippen LogP contribution is -2.41. The van der Waals surface area contributed by atoms with Crippen LogP contribution in [0.4, 0.5) is 5.69 Å². The van der Waals surface area contributed by atoms with Crippen molar-refractivity contribution in [3.05, 3.63) is 75.5 Å². The van der Waals surface area contributed by atoms with Gasteiger partial charge in [-0.2, -0.15) is 0 Å². The van der Waals surface area contributed by atoms with E-state index in [1.807, 2.05) is 12.1 Å². The molecule has 0 bridgehead atoms. The summed E-state index contributed by atoms with van der Waals surface area (Å²) in [6.07, 6.45) is 7.27. The summed E-state index contributed by atoms with van der Waals surface area (Å²) in [4.78, 5) is 25.0. The quantitative estimate of drug-likeness (QED) is 0.309. The van der Waals surface area contributed by atoms with Crippen molar-refractivity contribution in [1.82, 2.24) is 10.2 Å². The molecule has 0 aromatic heterocycles. The van der Waals surface area contributed by atoms with E-state index in [-0.39, 0.29) is 24.2 Å². The lowest BCUT2D eigenvalue weighted by molar-refractivity contribution is -0.384. The number of amides is 1. The molecule has 31 heavy (non-hydrogen) atoms. The van der Waals surface area contributed by atoms with Crippen LogP contribution in [-0.4, -0.2) is 26.9 Å². The second-order valence-corrected chi connectivity index (χ2v) is 8.13. The molecule has 1 saturated carbocycles. The zero-order chi connectivity index (χ0) is 21.8. The van der Waals surface area contributed by atoms with Gasteiger partial charge in [-0.1, -0.05) is 43.5 Å². The highest BCUT2D eigenvalue weighted by molar-refractivity contribution is 7.80. The maximum atomic E-state index is 12.9. The summed E-state index contributed by atoms with van der Waals surface area (Å²) >= 11 is 5.41. The number of carbonyl (C=O) groups is 1. The SMILES string of the molecule is O=C1/C(=C/c2ccc(OCc3cccc([N+](=O)[O-])c3)cc2)NC(=S)N1C1CCCCC1. The molecule has 1 saturated heterocycles. The molecule has 2 aromatic carbocycles. The molecule has 160 valence electrons. The molecule has 1 aliphatic carbocycles. The van der Waals surface area contributed by atoms with Crippen molar-refractivity contribution in [2.75, 3.05) is 0 Å². The molecule has 0 unspecified atom stereocenters. The second-order valence-electron chi connectivity index (χ2n) is 7.74. The topological polar surface area (TPSA) is 84.7 Å². The first-order chi connectivity index (χ1) is 15.0. The Morgan fingerprint density at radius 1 is 1.16 bits per heavy atom. The summed E-state index contributed by atoms with van der Waals surface area (Å²) in [7, 11) is 0. The van der Waals surface area contributed by atoms with Gasteiger partial charge in [0.2, 0.25) is 0 Å². The number of carbonyl (C=O) groups excluding carboxylic acids is 1. The number of hydrogen-bond donors (Lipinski definition) is 1. The lowest BCUT2D eigenvalue weighted by atomic mass is 9.94. The Bertz CT molecular complexity index is 1030. The van der Waals surface area contributed by atoms with E-state index >= 15 is 0 Å². The largest absolute Gasteiger partial charge is 0.489 e. The van der Waals surface area contributed by atoms with E-state index in [1.165, 1.54) is 18.6 Å². The summed E-state index contributed by atoms with van der Waals surface area (Å²) in [5, 5.41) is 14.4. The summed E-state index contributed by atoms with van der Waals surface area (Å²) in [6.45, 7) is 0.229. The molecule has 0 spiro atoms. The fourth-order valence-corrected chi connectivity index (χ4v) is 4.31. The van der Waals surface area contributed by atoms with Crippen LogP contribution in [0.5, 0.6) is 5.75 Å². The van der Waals surface area contributed by atoms with Gasteiger partial charge in [-0.3, -0.25) is 19.8 Å². The fourth-order valence-electron chi connectivity index (χ4n) is 3.97. The highest BCUT2D eigenvalue weighted by Crippen LogP contribution is 2.27. The monoisotopic (exact) mass is 437 g/mol. The summed E-state index contributed by atoms with van der Waals surface area (Å²) < 4.78 is 5.73. The number of thiocarbonyl (C=S) groups is 1. The van der Waals surface area contributed by atoms with Crippen molar-refractivity contribution in [2.45, 2.75) is 44.8 Å². The van der Waals surface area contributed by atoms with Gasteiger partial charge in [0.25, 0.3) is 11.6 Å². The van der Waals surface area contributed by atoms with Crippen LogP contribution in [0.3, 0.4) is 0 Å². The van der Waals surface area contributed by atoms with Crippen LogP contribution in [-0.2, 0) is 11.4 Å². The number of nitro benzene ring substituents is 1. The molecule has 1 amide bonds. The number of ether oxygens (including phenoxy) is 1. The number of benzene rings is 2. The molecule has 2 aliphatic rings. The predicted molar refractivity (Wildman–Crippen MR) is 121 cm³/mol. The van der Waals surface area contributed by atoms with Crippen molar-refractivity contribution in [3.8, 4) is 5.75 Å². The number of nitro groups is 1. The minimum Gasteiger partial charge on any atom is -0.489 e. The number of rotatable bonds is 6. The van der Waals surface area contributed by atoms with Crippen molar-refractivity contribution in [3.63, 3.8) is 0 Å². The van der Waals surface area contributed by atoms with Gasteiger partial charge in [0.15, 0.2) is 5.11 Å². The maximum Gasteiger partial charge on any atom is 0.276 e.